The number of halogens is 1. The van der Waals surface area contributed by atoms with Gasteiger partial charge in [0.25, 0.3) is 0 Å². The van der Waals surface area contributed by atoms with E-state index in [9.17, 15) is 4.39 Å². The summed E-state index contributed by atoms with van der Waals surface area (Å²) in [5.74, 6) is 1.59. The third-order valence-electron chi connectivity index (χ3n) is 2.24. The first-order valence-electron chi connectivity index (χ1n) is 5.25. The number of hydrogen-bond acceptors (Lipinski definition) is 2. The molecule has 1 aromatic carbocycles. The highest BCUT2D eigenvalue weighted by Gasteiger charge is 2.06. The largest absolute Gasteiger partial charge is 0.493 e. The van der Waals surface area contributed by atoms with Crippen LogP contribution in [0.5, 0.6) is 5.75 Å². The summed E-state index contributed by atoms with van der Waals surface area (Å²) < 4.78 is 18.3. The van der Waals surface area contributed by atoms with Gasteiger partial charge in [-0.15, -0.1) is 0 Å². The van der Waals surface area contributed by atoms with Crippen molar-refractivity contribution >= 4 is 12.6 Å². The molecule has 84 valence electrons. The van der Waals surface area contributed by atoms with Crippen LogP contribution in [0.15, 0.2) is 24.3 Å². The fourth-order valence-corrected chi connectivity index (χ4v) is 1.69. The number of ether oxygens (including phenoxy) is 1. The van der Waals surface area contributed by atoms with E-state index in [4.69, 9.17) is 4.74 Å². The van der Waals surface area contributed by atoms with Crippen molar-refractivity contribution < 1.29 is 9.13 Å². The maximum Gasteiger partial charge on any atom is 0.126 e. The molecule has 1 nitrogen and oxygen atoms in total. The zero-order valence-corrected chi connectivity index (χ0v) is 9.84. The van der Waals surface area contributed by atoms with Gasteiger partial charge in [-0.25, -0.2) is 4.39 Å². The van der Waals surface area contributed by atoms with E-state index in [2.05, 4.69) is 19.6 Å². The fraction of sp³-hybridized carbons (Fsp3) is 0.500. The van der Waals surface area contributed by atoms with Crippen LogP contribution in [0.1, 0.15) is 19.8 Å². The maximum atomic E-state index is 12.8. The normalized spacial score (nSPS) is 12.5. The lowest BCUT2D eigenvalue weighted by atomic mass is 10.1. The minimum Gasteiger partial charge on any atom is -0.493 e. The minimum atomic E-state index is -0.259. The quantitative estimate of drug-likeness (QED) is 0.733. The van der Waals surface area contributed by atoms with Crippen LogP contribution in [0.25, 0.3) is 0 Å². The highest BCUT2D eigenvalue weighted by atomic mass is 32.1. The van der Waals surface area contributed by atoms with Gasteiger partial charge in [0.2, 0.25) is 0 Å². The molecule has 15 heavy (non-hydrogen) atoms. The lowest BCUT2D eigenvalue weighted by Crippen LogP contribution is -2.13. The van der Waals surface area contributed by atoms with Gasteiger partial charge in [0.05, 0.1) is 6.61 Å². The zero-order chi connectivity index (χ0) is 11.1. The van der Waals surface area contributed by atoms with E-state index in [0.29, 0.717) is 18.3 Å². The van der Waals surface area contributed by atoms with Gasteiger partial charge in [-0.1, -0.05) is 19.4 Å². The zero-order valence-electron chi connectivity index (χ0n) is 8.95. The molecule has 0 radical (unpaired) electrons. The van der Waals surface area contributed by atoms with Crippen molar-refractivity contribution in [1.82, 2.24) is 0 Å². The van der Waals surface area contributed by atoms with Gasteiger partial charge < -0.3 is 4.74 Å². The first-order chi connectivity index (χ1) is 7.26. The van der Waals surface area contributed by atoms with Crippen LogP contribution in [0.2, 0.25) is 0 Å². The first kappa shape index (κ1) is 12.4. The van der Waals surface area contributed by atoms with Crippen molar-refractivity contribution in [3.63, 3.8) is 0 Å². The average molecular weight is 228 g/mol. The molecule has 1 rings (SSSR count). The van der Waals surface area contributed by atoms with Crippen molar-refractivity contribution in [3.05, 3.63) is 30.1 Å². The summed E-state index contributed by atoms with van der Waals surface area (Å²) in [7, 11) is 0. The van der Waals surface area contributed by atoms with Crippen LogP contribution in [-0.2, 0) is 0 Å². The number of benzene rings is 1. The molecule has 0 aliphatic heterocycles. The Bertz CT molecular complexity index is 291. The van der Waals surface area contributed by atoms with Gasteiger partial charge >= 0.3 is 0 Å². The van der Waals surface area contributed by atoms with Gasteiger partial charge in [-0.2, -0.15) is 12.6 Å². The summed E-state index contributed by atoms with van der Waals surface area (Å²) in [6, 6.07) is 6.24. The van der Waals surface area contributed by atoms with Crippen LogP contribution in [-0.4, -0.2) is 12.4 Å². The number of thiol groups is 1. The van der Waals surface area contributed by atoms with Crippen LogP contribution in [0, 0.1) is 11.7 Å². The van der Waals surface area contributed by atoms with Crippen LogP contribution in [0.3, 0.4) is 0 Å². The second-order valence-electron chi connectivity index (χ2n) is 3.61. The molecule has 0 fully saturated rings. The van der Waals surface area contributed by atoms with Crippen molar-refractivity contribution in [2.75, 3.05) is 12.4 Å². The van der Waals surface area contributed by atoms with E-state index in [1.54, 1.807) is 12.1 Å². The van der Waals surface area contributed by atoms with Crippen LogP contribution < -0.4 is 4.74 Å². The number of rotatable bonds is 6. The molecule has 1 unspecified atom stereocenters. The van der Waals surface area contributed by atoms with Gasteiger partial charge in [-0.05, 0) is 24.3 Å². The van der Waals surface area contributed by atoms with E-state index >= 15 is 0 Å². The van der Waals surface area contributed by atoms with Crippen LogP contribution in [0.4, 0.5) is 4.39 Å². The fourth-order valence-electron chi connectivity index (χ4n) is 1.41. The molecule has 0 saturated heterocycles. The molecular formula is C12H17FOS. The Morgan fingerprint density at radius 2 is 2.27 bits per heavy atom. The SMILES string of the molecule is CCCC(CS)COc1cccc(F)c1. The molecule has 1 aromatic rings. The molecular weight excluding hydrogens is 211 g/mol. The van der Waals surface area contributed by atoms with Crippen LogP contribution >= 0.6 is 12.6 Å². The molecule has 0 saturated carbocycles. The second kappa shape index (κ2) is 6.72. The van der Waals surface area contributed by atoms with E-state index in [1.165, 1.54) is 12.1 Å². The van der Waals surface area contributed by atoms with Crippen molar-refractivity contribution in [1.29, 1.82) is 0 Å². The Morgan fingerprint density at radius 3 is 2.87 bits per heavy atom. The molecule has 0 spiro atoms. The van der Waals surface area contributed by atoms with E-state index < -0.39 is 0 Å². The highest BCUT2D eigenvalue weighted by molar-refractivity contribution is 7.80. The number of hydrogen-bond donors (Lipinski definition) is 1. The molecule has 3 heteroatoms. The molecule has 0 bridgehead atoms. The summed E-state index contributed by atoms with van der Waals surface area (Å²) in [5, 5.41) is 0. The lowest BCUT2D eigenvalue weighted by Gasteiger charge is -2.14. The molecule has 0 aliphatic rings. The monoisotopic (exact) mass is 228 g/mol. The van der Waals surface area contributed by atoms with E-state index in [0.717, 1.165) is 18.6 Å². The summed E-state index contributed by atoms with van der Waals surface area (Å²) in [5.41, 5.74) is 0. The Balaban J connectivity index is 2.41. The Hall–Kier alpha value is -0.700. The molecule has 0 aromatic heterocycles. The van der Waals surface area contributed by atoms with Gasteiger partial charge in [0.1, 0.15) is 11.6 Å². The summed E-state index contributed by atoms with van der Waals surface area (Å²) >= 11 is 4.26. The predicted octanol–water partition coefficient (Wildman–Crippen LogP) is 3.55. The predicted molar refractivity (Wildman–Crippen MR) is 64.1 cm³/mol. The third kappa shape index (κ3) is 4.56. The van der Waals surface area contributed by atoms with Gasteiger partial charge in [0.15, 0.2) is 0 Å². The van der Waals surface area contributed by atoms with E-state index in [-0.39, 0.29) is 5.82 Å². The Kier molecular flexibility index (Phi) is 5.54. The lowest BCUT2D eigenvalue weighted by molar-refractivity contribution is 0.253. The Labute approximate surface area is 96.1 Å². The summed E-state index contributed by atoms with van der Waals surface area (Å²) in [6.45, 7) is 2.75. The first-order valence-corrected chi connectivity index (χ1v) is 5.88. The average Bonchev–Trinajstić information content (AvgIpc) is 2.24. The maximum absolute atomic E-state index is 12.8. The third-order valence-corrected chi connectivity index (χ3v) is 2.75. The van der Waals surface area contributed by atoms with Crippen molar-refractivity contribution in [3.8, 4) is 5.75 Å². The topological polar surface area (TPSA) is 9.23 Å². The second-order valence-corrected chi connectivity index (χ2v) is 3.97. The van der Waals surface area contributed by atoms with E-state index in [1.807, 2.05) is 0 Å². The molecule has 0 N–H and O–H groups in total. The summed E-state index contributed by atoms with van der Waals surface area (Å²) in [6.07, 6.45) is 2.22. The van der Waals surface area contributed by atoms with Crippen molar-refractivity contribution in [2.24, 2.45) is 5.92 Å². The molecule has 0 aliphatic carbocycles. The van der Waals surface area contributed by atoms with Gasteiger partial charge in [0, 0.05) is 12.0 Å². The minimum absolute atomic E-state index is 0.259. The standard InChI is InChI=1S/C12H17FOS/c1-2-4-10(9-15)8-14-12-6-3-5-11(13)7-12/h3,5-7,10,15H,2,4,8-9H2,1H3. The Morgan fingerprint density at radius 1 is 1.47 bits per heavy atom. The molecule has 0 amide bonds. The van der Waals surface area contributed by atoms with Crippen molar-refractivity contribution in [2.45, 2.75) is 19.8 Å². The summed E-state index contributed by atoms with van der Waals surface area (Å²) in [4.78, 5) is 0. The van der Waals surface area contributed by atoms with Gasteiger partial charge in [-0.3, -0.25) is 0 Å². The highest BCUT2D eigenvalue weighted by Crippen LogP contribution is 2.15. The molecule has 1 atom stereocenters. The smallest absolute Gasteiger partial charge is 0.126 e. The molecule has 0 heterocycles.